The molecule has 1 aromatic heterocycles. The summed E-state index contributed by atoms with van der Waals surface area (Å²) in [6, 6.07) is 11.0. The Hall–Kier alpha value is -3.35. The molecule has 168 valence electrons. The van der Waals surface area contributed by atoms with Gasteiger partial charge in [-0.3, -0.25) is 14.9 Å². The first kappa shape index (κ1) is 23.3. The van der Waals surface area contributed by atoms with Crippen molar-refractivity contribution in [3.05, 3.63) is 68.5 Å². The number of hydrogen-bond acceptors (Lipinski definition) is 8. The third-order valence-corrected chi connectivity index (χ3v) is 6.20. The van der Waals surface area contributed by atoms with Crippen molar-refractivity contribution in [2.45, 2.75) is 24.8 Å². The number of sulfonamides is 1. The van der Waals surface area contributed by atoms with Crippen molar-refractivity contribution < 1.29 is 18.1 Å². The lowest BCUT2D eigenvalue weighted by atomic mass is 10.1. The average Bonchev–Trinajstić information content (AvgIpc) is 3.18. The second-order valence-electron chi connectivity index (χ2n) is 6.88. The van der Waals surface area contributed by atoms with Gasteiger partial charge in [-0.2, -0.15) is 0 Å². The Morgan fingerprint density at radius 1 is 1.22 bits per heavy atom. The molecule has 2 aromatic carbocycles. The van der Waals surface area contributed by atoms with Crippen molar-refractivity contribution in [2.75, 3.05) is 11.9 Å². The Bertz CT molecular complexity index is 1240. The maximum Gasteiger partial charge on any atom is 0.293 e. The molecular formula is C20H21N5O5S2. The normalized spacial score (nSPS) is 11.2. The van der Waals surface area contributed by atoms with E-state index in [-0.39, 0.29) is 29.5 Å². The maximum absolute atomic E-state index is 12.1. The Labute approximate surface area is 188 Å². The molecule has 3 aromatic rings. The van der Waals surface area contributed by atoms with Gasteiger partial charge >= 0.3 is 0 Å². The van der Waals surface area contributed by atoms with E-state index in [1.54, 1.807) is 11.3 Å². The van der Waals surface area contributed by atoms with Gasteiger partial charge in [0.15, 0.2) is 0 Å². The number of carbonyl (C=O) groups excluding carboxylic acids is 1. The number of thiazole rings is 1. The van der Waals surface area contributed by atoms with Gasteiger partial charge in [0, 0.05) is 36.5 Å². The summed E-state index contributed by atoms with van der Waals surface area (Å²) in [5.74, 6) is -0.236. The van der Waals surface area contributed by atoms with E-state index in [2.05, 4.69) is 15.6 Å². The Morgan fingerprint density at radius 3 is 2.53 bits per heavy atom. The maximum atomic E-state index is 12.1. The van der Waals surface area contributed by atoms with Crippen molar-refractivity contribution in [2.24, 2.45) is 5.14 Å². The van der Waals surface area contributed by atoms with Crippen LogP contribution in [0.3, 0.4) is 0 Å². The predicted molar refractivity (Wildman–Crippen MR) is 122 cm³/mol. The average molecular weight is 476 g/mol. The smallest absolute Gasteiger partial charge is 0.293 e. The molecule has 0 aliphatic carbocycles. The molecule has 4 N–H and O–H groups in total. The zero-order valence-electron chi connectivity index (χ0n) is 17.1. The van der Waals surface area contributed by atoms with E-state index in [0.29, 0.717) is 6.54 Å². The number of nitro groups is 1. The van der Waals surface area contributed by atoms with Crippen LogP contribution in [0.5, 0.6) is 0 Å². The highest BCUT2D eigenvalue weighted by Gasteiger charge is 2.19. The van der Waals surface area contributed by atoms with E-state index in [1.807, 2.05) is 36.6 Å². The minimum absolute atomic E-state index is 0.0737. The van der Waals surface area contributed by atoms with Crippen LogP contribution in [0.1, 0.15) is 17.0 Å². The molecule has 3 rings (SSSR count). The molecule has 0 atom stereocenters. The fraction of sp³-hybridized carbons (Fsp3) is 0.200. The van der Waals surface area contributed by atoms with E-state index < -0.39 is 20.6 Å². The molecule has 32 heavy (non-hydrogen) atoms. The van der Waals surface area contributed by atoms with Crippen LogP contribution in [0.15, 0.2) is 52.7 Å². The van der Waals surface area contributed by atoms with E-state index in [4.69, 9.17) is 5.14 Å². The van der Waals surface area contributed by atoms with E-state index >= 15 is 0 Å². The SMILES string of the molecule is Cc1nc(-c2ccc(CNC(=O)CCNc3ccc(S(N)(=O)=O)cc3[N+](=O)[O-])cc2)cs1. The number of benzene rings is 2. The van der Waals surface area contributed by atoms with Crippen LogP contribution >= 0.6 is 11.3 Å². The quantitative estimate of drug-likeness (QED) is 0.317. The highest BCUT2D eigenvalue weighted by Crippen LogP contribution is 2.27. The lowest BCUT2D eigenvalue weighted by molar-refractivity contribution is -0.384. The number of primary sulfonamides is 1. The number of aryl methyl sites for hydroxylation is 1. The summed E-state index contributed by atoms with van der Waals surface area (Å²) in [6.07, 6.45) is 0.0737. The molecular weight excluding hydrogens is 454 g/mol. The van der Waals surface area contributed by atoms with Crippen molar-refractivity contribution in [1.82, 2.24) is 10.3 Å². The van der Waals surface area contributed by atoms with Crippen LogP contribution in [0.2, 0.25) is 0 Å². The third kappa shape index (κ3) is 6.09. The number of nitro benzene ring substituents is 1. The predicted octanol–water partition coefficient (Wildman–Crippen LogP) is 2.79. The lowest BCUT2D eigenvalue weighted by Crippen LogP contribution is -2.25. The molecule has 0 fully saturated rings. The number of anilines is 1. The number of nitrogens with one attached hydrogen (secondary N) is 2. The van der Waals surface area contributed by atoms with Gasteiger partial charge in [-0.1, -0.05) is 24.3 Å². The molecule has 0 saturated heterocycles. The summed E-state index contributed by atoms with van der Waals surface area (Å²) < 4.78 is 22.8. The molecule has 0 unspecified atom stereocenters. The first-order chi connectivity index (χ1) is 15.1. The van der Waals surface area contributed by atoms with Gasteiger partial charge in [0.2, 0.25) is 15.9 Å². The molecule has 0 saturated carbocycles. The first-order valence-electron chi connectivity index (χ1n) is 9.47. The largest absolute Gasteiger partial charge is 0.379 e. The van der Waals surface area contributed by atoms with E-state index in [1.165, 1.54) is 12.1 Å². The fourth-order valence-electron chi connectivity index (χ4n) is 2.88. The van der Waals surface area contributed by atoms with Gasteiger partial charge in [0.1, 0.15) is 5.69 Å². The minimum atomic E-state index is -4.06. The summed E-state index contributed by atoms with van der Waals surface area (Å²) >= 11 is 1.58. The number of amides is 1. The van der Waals surface area contributed by atoms with Crippen LogP contribution in [-0.4, -0.2) is 30.8 Å². The number of nitrogens with two attached hydrogens (primary N) is 1. The van der Waals surface area contributed by atoms with Gasteiger partial charge in [-0.15, -0.1) is 11.3 Å². The molecule has 0 bridgehead atoms. The van der Waals surface area contributed by atoms with Gasteiger partial charge in [0.05, 0.1) is 20.5 Å². The van der Waals surface area contributed by atoms with Gasteiger partial charge in [0.25, 0.3) is 5.69 Å². The van der Waals surface area contributed by atoms with Crippen molar-refractivity contribution in [3.8, 4) is 11.3 Å². The van der Waals surface area contributed by atoms with Gasteiger partial charge in [-0.05, 0) is 24.6 Å². The molecule has 0 spiro atoms. The number of nitrogens with zero attached hydrogens (tertiary/aromatic N) is 2. The van der Waals surface area contributed by atoms with Gasteiger partial charge < -0.3 is 10.6 Å². The molecule has 10 nitrogen and oxygen atoms in total. The third-order valence-electron chi connectivity index (χ3n) is 4.52. The molecule has 0 aliphatic rings. The summed E-state index contributed by atoms with van der Waals surface area (Å²) in [6.45, 7) is 2.42. The van der Waals surface area contributed by atoms with Crippen LogP contribution in [-0.2, 0) is 21.4 Å². The molecule has 0 aliphatic heterocycles. The summed E-state index contributed by atoms with van der Waals surface area (Å²) in [5.41, 5.74) is 2.51. The molecule has 1 heterocycles. The molecule has 1 amide bonds. The van der Waals surface area contributed by atoms with Crippen molar-refractivity contribution in [3.63, 3.8) is 0 Å². The van der Waals surface area contributed by atoms with Crippen LogP contribution in [0.4, 0.5) is 11.4 Å². The number of rotatable bonds is 9. The second kappa shape index (κ2) is 9.85. The summed E-state index contributed by atoms with van der Waals surface area (Å²) in [7, 11) is -4.06. The van der Waals surface area contributed by atoms with Crippen LogP contribution in [0.25, 0.3) is 11.3 Å². The topological polar surface area (TPSA) is 157 Å². The highest BCUT2D eigenvalue weighted by molar-refractivity contribution is 7.89. The van der Waals surface area contributed by atoms with E-state index in [9.17, 15) is 23.3 Å². The highest BCUT2D eigenvalue weighted by atomic mass is 32.2. The minimum Gasteiger partial charge on any atom is -0.379 e. The molecule has 0 radical (unpaired) electrons. The van der Waals surface area contributed by atoms with E-state index in [0.717, 1.165) is 27.9 Å². The fourth-order valence-corrected chi connectivity index (χ4v) is 4.03. The lowest BCUT2D eigenvalue weighted by Gasteiger charge is -2.09. The van der Waals surface area contributed by atoms with Crippen molar-refractivity contribution in [1.29, 1.82) is 0 Å². The van der Waals surface area contributed by atoms with Crippen LogP contribution < -0.4 is 15.8 Å². The zero-order valence-corrected chi connectivity index (χ0v) is 18.7. The Balaban J connectivity index is 1.51. The summed E-state index contributed by atoms with van der Waals surface area (Å²) in [4.78, 5) is 26.7. The van der Waals surface area contributed by atoms with Gasteiger partial charge in [-0.25, -0.2) is 18.5 Å². The number of hydrogen-bond donors (Lipinski definition) is 3. The molecule has 12 heteroatoms. The first-order valence-corrected chi connectivity index (χ1v) is 11.9. The number of aromatic nitrogens is 1. The van der Waals surface area contributed by atoms with Crippen LogP contribution in [0, 0.1) is 17.0 Å². The standard InChI is InChI=1S/C20H21N5O5S2/c1-13-24-18(12-31-13)15-4-2-14(3-5-15)11-23-20(26)8-9-22-17-7-6-16(32(21,29)30)10-19(17)25(27)28/h2-7,10,12,22H,8-9,11H2,1H3,(H,23,26)(H2,21,29,30). The second-order valence-corrected chi connectivity index (χ2v) is 9.51. The Morgan fingerprint density at radius 2 is 1.94 bits per heavy atom. The zero-order chi connectivity index (χ0) is 23.3. The number of carbonyl (C=O) groups is 1. The van der Waals surface area contributed by atoms with Crippen molar-refractivity contribution >= 4 is 38.6 Å². The summed E-state index contributed by atoms with van der Waals surface area (Å²) in [5, 5.41) is 24.8. The monoisotopic (exact) mass is 475 g/mol. The Kier molecular flexibility index (Phi) is 7.18.